The van der Waals surface area contributed by atoms with Gasteiger partial charge < -0.3 is 5.32 Å². The van der Waals surface area contributed by atoms with E-state index in [0.29, 0.717) is 25.2 Å². The summed E-state index contributed by atoms with van der Waals surface area (Å²) in [6.07, 6.45) is 4.50. The lowest BCUT2D eigenvalue weighted by molar-refractivity contribution is -0.384. The van der Waals surface area contributed by atoms with Gasteiger partial charge in [0.25, 0.3) is 5.69 Å². The fourth-order valence-electron chi connectivity index (χ4n) is 3.59. The second-order valence-corrected chi connectivity index (χ2v) is 9.70. The number of nitro groups is 1. The highest BCUT2D eigenvalue weighted by Crippen LogP contribution is 2.23. The van der Waals surface area contributed by atoms with E-state index in [2.05, 4.69) is 5.32 Å². The lowest BCUT2D eigenvalue weighted by Crippen LogP contribution is -2.31. The SMILES string of the molecule is Cc1ccc([N+](=O)[O-])cc1NC(=O)CCc1ccc(S(=O)(=O)N2CCCCCC2)cc1. The van der Waals surface area contributed by atoms with Crippen molar-refractivity contribution in [2.75, 3.05) is 18.4 Å². The molecule has 1 fully saturated rings. The van der Waals surface area contributed by atoms with Gasteiger partial charge in [-0.2, -0.15) is 4.31 Å². The fraction of sp³-hybridized carbons (Fsp3) is 0.409. The molecule has 3 rings (SSSR count). The summed E-state index contributed by atoms with van der Waals surface area (Å²) in [6.45, 7) is 2.88. The monoisotopic (exact) mass is 445 g/mol. The number of carbonyl (C=O) groups is 1. The smallest absolute Gasteiger partial charge is 0.271 e. The third-order valence-electron chi connectivity index (χ3n) is 5.47. The van der Waals surface area contributed by atoms with E-state index in [1.54, 1.807) is 41.6 Å². The normalized spacial score (nSPS) is 15.3. The van der Waals surface area contributed by atoms with Gasteiger partial charge in [-0.25, -0.2) is 8.42 Å². The second kappa shape index (κ2) is 10.0. The Morgan fingerprint density at radius 3 is 2.32 bits per heavy atom. The maximum Gasteiger partial charge on any atom is 0.271 e. The number of nitro benzene ring substituents is 1. The van der Waals surface area contributed by atoms with Crippen LogP contribution in [0.5, 0.6) is 0 Å². The Labute approximate surface area is 182 Å². The number of anilines is 1. The zero-order valence-electron chi connectivity index (χ0n) is 17.5. The Bertz CT molecular complexity index is 1040. The summed E-state index contributed by atoms with van der Waals surface area (Å²) in [4.78, 5) is 23.0. The van der Waals surface area contributed by atoms with Crippen LogP contribution in [0.25, 0.3) is 0 Å². The molecule has 2 aromatic carbocycles. The molecule has 1 aliphatic heterocycles. The molecule has 2 aromatic rings. The van der Waals surface area contributed by atoms with E-state index in [0.717, 1.165) is 36.8 Å². The third-order valence-corrected chi connectivity index (χ3v) is 7.39. The molecule has 9 heteroatoms. The number of sulfonamides is 1. The van der Waals surface area contributed by atoms with Gasteiger partial charge in [-0.15, -0.1) is 0 Å². The van der Waals surface area contributed by atoms with Crippen LogP contribution >= 0.6 is 0 Å². The number of hydrogen-bond acceptors (Lipinski definition) is 5. The molecular formula is C22H27N3O5S. The minimum atomic E-state index is -3.49. The highest BCUT2D eigenvalue weighted by atomic mass is 32.2. The molecule has 8 nitrogen and oxygen atoms in total. The summed E-state index contributed by atoms with van der Waals surface area (Å²) in [7, 11) is -3.49. The van der Waals surface area contributed by atoms with E-state index < -0.39 is 14.9 Å². The number of rotatable bonds is 7. The van der Waals surface area contributed by atoms with Crippen molar-refractivity contribution in [3.8, 4) is 0 Å². The van der Waals surface area contributed by atoms with Crippen LogP contribution in [0.1, 0.15) is 43.2 Å². The Morgan fingerprint density at radius 1 is 1.06 bits per heavy atom. The van der Waals surface area contributed by atoms with E-state index in [1.807, 2.05) is 0 Å². The molecule has 1 amide bonds. The number of non-ortho nitro benzene ring substituents is 1. The maximum atomic E-state index is 12.8. The van der Waals surface area contributed by atoms with Crippen molar-refractivity contribution in [2.45, 2.75) is 50.3 Å². The van der Waals surface area contributed by atoms with E-state index >= 15 is 0 Å². The molecule has 0 radical (unpaired) electrons. The summed E-state index contributed by atoms with van der Waals surface area (Å²) in [5.74, 6) is -0.259. The van der Waals surface area contributed by atoms with E-state index in [1.165, 1.54) is 12.1 Å². The Kier molecular flexibility index (Phi) is 7.40. The summed E-state index contributed by atoms with van der Waals surface area (Å²) >= 11 is 0. The molecule has 1 saturated heterocycles. The van der Waals surface area contributed by atoms with Gasteiger partial charge in [0, 0.05) is 31.6 Å². The quantitative estimate of drug-likeness (QED) is 0.511. The minimum Gasteiger partial charge on any atom is -0.326 e. The number of amides is 1. The Hall–Kier alpha value is -2.78. The van der Waals surface area contributed by atoms with Gasteiger partial charge in [0.1, 0.15) is 0 Å². The number of carbonyl (C=O) groups excluding carboxylic acids is 1. The van der Waals surface area contributed by atoms with Crippen molar-refractivity contribution >= 4 is 27.3 Å². The standard InChI is InChI=1S/C22H27N3O5S/c1-17-6-10-19(25(27)28)16-21(17)23-22(26)13-9-18-7-11-20(12-8-18)31(29,30)24-14-4-2-3-5-15-24/h6-8,10-12,16H,2-5,9,13-15H2,1H3,(H,23,26). The molecule has 0 atom stereocenters. The third kappa shape index (κ3) is 5.89. The molecule has 0 unspecified atom stereocenters. The molecule has 1 N–H and O–H groups in total. The molecule has 0 bridgehead atoms. The van der Waals surface area contributed by atoms with Gasteiger partial charge in [0.15, 0.2) is 0 Å². The molecule has 31 heavy (non-hydrogen) atoms. The predicted molar refractivity (Wildman–Crippen MR) is 118 cm³/mol. The summed E-state index contributed by atoms with van der Waals surface area (Å²) < 4.78 is 27.2. The minimum absolute atomic E-state index is 0.0814. The zero-order chi connectivity index (χ0) is 22.4. The maximum absolute atomic E-state index is 12.8. The molecule has 0 aliphatic carbocycles. The summed E-state index contributed by atoms with van der Waals surface area (Å²) in [5.41, 5.74) is 1.92. The number of nitrogens with one attached hydrogen (secondary N) is 1. The number of hydrogen-bond donors (Lipinski definition) is 1. The van der Waals surface area contributed by atoms with Crippen molar-refractivity contribution < 1.29 is 18.1 Å². The zero-order valence-corrected chi connectivity index (χ0v) is 18.4. The van der Waals surface area contributed by atoms with Crippen molar-refractivity contribution in [3.63, 3.8) is 0 Å². The first-order valence-corrected chi connectivity index (χ1v) is 11.9. The average molecular weight is 446 g/mol. The molecular weight excluding hydrogens is 418 g/mol. The average Bonchev–Trinajstić information content (AvgIpc) is 3.04. The van der Waals surface area contributed by atoms with Crippen LogP contribution in [0.2, 0.25) is 0 Å². The van der Waals surface area contributed by atoms with Crippen LogP contribution in [0.4, 0.5) is 11.4 Å². The van der Waals surface area contributed by atoms with E-state index in [4.69, 9.17) is 0 Å². The van der Waals surface area contributed by atoms with Crippen molar-refractivity contribution in [3.05, 3.63) is 63.7 Å². The predicted octanol–water partition coefficient (Wildman–Crippen LogP) is 4.04. The molecule has 1 aliphatic rings. The second-order valence-electron chi connectivity index (χ2n) is 7.77. The van der Waals surface area contributed by atoms with Crippen LogP contribution in [0.3, 0.4) is 0 Å². The van der Waals surface area contributed by atoms with Crippen LogP contribution < -0.4 is 5.32 Å². The van der Waals surface area contributed by atoms with Crippen LogP contribution in [-0.2, 0) is 21.2 Å². The van der Waals surface area contributed by atoms with Gasteiger partial charge in [0.2, 0.25) is 15.9 Å². The molecule has 166 valence electrons. The number of nitrogens with zero attached hydrogens (tertiary/aromatic N) is 2. The molecule has 0 saturated carbocycles. The van der Waals surface area contributed by atoms with Gasteiger partial charge in [-0.1, -0.05) is 31.0 Å². The van der Waals surface area contributed by atoms with E-state index in [-0.39, 0.29) is 22.9 Å². The van der Waals surface area contributed by atoms with Gasteiger partial charge >= 0.3 is 0 Å². The summed E-state index contributed by atoms with van der Waals surface area (Å²) in [6, 6.07) is 11.0. The van der Waals surface area contributed by atoms with Crippen molar-refractivity contribution in [1.29, 1.82) is 0 Å². The molecule has 0 spiro atoms. The first-order valence-electron chi connectivity index (χ1n) is 10.4. The first-order chi connectivity index (χ1) is 14.8. The highest BCUT2D eigenvalue weighted by molar-refractivity contribution is 7.89. The Balaban J connectivity index is 1.59. The lowest BCUT2D eigenvalue weighted by atomic mass is 10.1. The summed E-state index contributed by atoms with van der Waals surface area (Å²) in [5, 5.41) is 13.6. The van der Waals surface area contributed by atoms with Gasteiger partial charge in [0.05, 0.1) is 15.5 Å². The Morgan fingerprint density at radius 2 is 1.71 bits per heavy atom. The van der Waals surface area contributed by atoms with Gasteiger partial charge in [-0.3, -0.25) is 14.9 Å². The highest BCUT2D eigenvalue weighted by Gasteiger charge is 2.24. The van der Waals surface area contributed by atoms with Crippen molar-refractivity contribution in [1.82, 2.24) is 4.31 Å². The van der Waals surface area contributed by atoms with Crippen LogP contribution in [0, 0.1) is 17.0 Å². The van der Waals surface area contributed by atoms with Crippen LogP contribution in [0.15, 0.2) is 47.4 Å². The van der Waals surface area contributed by atoms with Gasteiger partial charge in [-0.05, 0) is 49.4 Å². The van der Waals surface area contributed by atoms with Crippen LogP contribution in [-0.4, -0.2) is 36.6 Å². The first kappa shape index (κ1) is 22.9. The largest absolute Gasteiger partial charge is 0.326 e. The fourth-order valence-corrected chi connectivity index (χ4v) is 5.11. The topological polar surface area (TPSA) is 110 Å². The lowest BCUT2D eigenvalue weighted by Gasteiger charge is -2.20. The number of aryl methyl sites for hydroxylation is 2. The van der Waals surface area contributed by atoms with E-state index in [9.17, 15) is 23.3 Å². The van der Waals surface area contributed by atoms with Crippen molar-refractivity contribution in [2.24, 2.45) is 0 Å². The molecule has 1 heterocycles. The molecule has 0 aromatic heterocycles. The number of benzene rings is 2.